The number of carbonyl (C=O) groups is 1. The van der Waals surface area contributed by atoms with Crippen LogP contribution in [0, 0.1) is 17.8 Å². The van der Waals surface area contributed by atoms with Gasteiger partial charge in [-0.2, -0.15) is 4.31 Å². The number of likely N-dealkylation sites (tertiary alicyclic amines) is 1. The summed E-state index contributed by atoms with van der Waals surface area (Å²) < 4.78 is 34.1. The highest BCUT2D eigenvalue weighted by molar-refractivity contribution is 7.89. The first kappa shape index (κ1) is 24.9. The van der Waals surface area contributed by atoms with E-state index in [-0.39, 0.29) is 22.3 Å². The van der Waals surface area contributed by atoms with Crippen molar-refractivity contribution >= 4 is 27.0 Å². The lowest BCUT2D eigenvalue weighted by molar-refractivity contribution is -0.126. The fourth-order valence-electron chi connectivity index (χ4n) is 5.42. The number of nitrogens with zero attached hydrogens (tertiary/aromatic N) is 3. The number of nitrogens with one attached hydrogen (secondary N) is 1. The van der Waals surface area contributed by atoms with Gasteiger partial charge in [0.2, 0.25) is 15.9 Å². The number of piperidine rings is 2. The molecule has 2 aliphatic heterocycles. The number of amides is 1. The summed E-state index contributed by atoms with van der Waals surface area (Å²) in [6.07, 6.45) is 3.21. The highest BCUT2D eigenvalue weighted by Crippen LogP contribution is 2.26. The highest BCUT2D eigenvalue weighted by atomic mass is 32.2. The predicted octanol–water partition coefficient (Wildman–Crippen LogP) is 2.02. The third-order valence-electron chi connectivity index (χ3n) is 7.12. The molecule has 1 aromatic heterocycles. The first-order chi connectivity index (χ1) is 16.1. The van der Waals surface area contributed by atoms with Crippen molar-refractivity contribution in [2.24, 2.45) is 24.8 Å². The summed E-state index contributed by atoms with van der Waals surface area (Å²) >= 11 is 0. The molecular weight excluding hydrogens is 456 g/mol. The first-order valence-electron chi connectivity index (χ1n) is 12.2. The topological polar surface area (TPSA) is 105 Å². The van der Waals surface area contributed by atoms with E-state index in [4.69, 9.17) is 4.42 Å². The quantitative estimate of drug-likeness (QED) is 0.593. The minimum absolute atomic E-state index is 0.0184. The molecular formula is C24H36N4O5S. The van der Waals surface area contributed by atoms with E-state index in [0.29, 0.717) is 38.0 Å². The third kappa shape index (κ3) is 5.39. The Morgan fingerprint density at radius 1 is 1.15 bits per heavy atom. The summed E-state index contributed by atoms with van der Waals surface area (Å²) in [5, 5.41) is 3.05. The molecule has 1 aromatic carbocycles. The van der Waals surface area contributed by atoms with E-state index in [0.717, 1.165) is 37.9 Å². The van der Waals surface area contributed by atoms with Crippen LogP contribution in [0.15, 0.2) is 32.3 Å². The predicted molar refractivity (Wildman–Crippen MR) is 130 cm³/mol. The Kier molecular flexibility index (Phi) is 7.49. The van der Waals surface area contributed by atoms with Crippen molar-refractivity contribution in [3.8, 4) is 0 Å². The molecule has 4 rings (SSSR count). The SMILES string of the molecule is C[C@@H]1C[C@@H](C)CN(CCCNC(=O)C2CCN(S(=O)(=O)c3ccc4c(c3)oc(=O)n4C)CC2)C1. The van der Waals surface area contributed by atoms with Crippen LogP contribution < -0.4 is 11.1 Å². The van der Waals surface area contributed by atoms with Crippen LogP contribution in [-0.2, 0) is 21.9 Å². The number of sulfonamides is 1. The van der Waals surface area contributed by atoms with E-state index in [1.165, 1.54) is 27.4 Å². The molecule has 2 aromatic rings. The number of fused-ring (bicyclic) bond motifs is 1. The molecule has 2 aliphatic rings. The van der Waals surface area contributed by atoms with Gasteiger partial charge in [0.25, 0.3) is 0 Å². The van der Waals surface area contributed by atoms with Gasteiger partial charge in [-0.3, -0.25) is 9.36 Å². The Bertz CT molecular complexity index is 1170. The molecule has 188 valence electrons. The Labute approximate surface area is 201 Å². The van der Waals surface area contributed by atoms with Crippen molar-refractivity contribution in [3.63, 3.8) is 0 Å². The molecule has 0 saturated carbocycles. The van der Waals surface area contributed by atoms with Gasteiger partial charge in [0, 0.05) is 51.8 Å². The van der Waals surface area contributed by atoms with E-state index >= 15 is 0 Å². The van der Waals surface area contributed by atoms with Crippen molar-refractivity contribution in [2.75, 3.05) is 39.3 Å². The monoisotopic (exact) mass is 492 g/mol. The van der Waals surface area contributed by atoms with Gasteiger partial charge in [-0.05, 0) is 56.2 Å². The van der Waals surface area contributed by atoms with Crippen molar-refractivity contribution in [2.45, 2.75) is 44.4 Å². The second-order valence-electron chi connectivity index (χ2n) is 10.1. The van der Waals surface area contributed by atoms with Gasteiger partial charge in [-0.15, -0.1) is 0 Å². The number of rotatable bonds is 7. The summed E-state index contributed by atoms with van der Waals surface area (Å²) in [5.41, 5.74) is 0.792. The number of aromatic nitrogens is 1. The Morgan fingerprint density at radius 2 is 1.82 bits per heavy atom. The minimum Gasteiger partial charge on any atom is -0.408 e. The average molecular weight is 493 g/mol. The standard InChI is InChI=1S/C24H36N4O5S/c1-17-13-18(2)16-27(15-17)10-4-9-25-23(29)19-7-11-28(12-8-19)34(31,32)20-5-6-21-22(14-20)33-24(30)26(21)3/h5-6,14,17-19H,4,7-13,15-16H2,1-3H3,(H,25,29)/t17-,18-/m1/s1. The zero-order chi connectivity index (χ0) is 24.5. The second kappa shape index (κ2) is 10.2. The van der Waals surface area contributed by atoms with Gasteiger partial charge in [0.05, 0.1) is 10.4 Å². The lowest BCUT2D eigenvalue weighted by atomic mass is 9.92. The van der Waals surface area contributed by atoms with E-state index in [9.17, 15) is 18.0 Å². The maximum atomic E-state index is 13.1. The Hall–Kier alpha value is -2.17. The molecule has 3 heterocycles. The summed E-state index contributed by atoms with van der Waals surface area (Å²) in [7, 11) is -2.15. The molecule has 0 aliphatic carbocycles. The molecule has 2 fully saturated rings. The molecule has 1 amide bonds. The van der Waals surface area contributed by atoms with Gasteiger partial charge in [-0.1, -0.05) is 13.8 Å². The van der Waals surface area contributed by atoms with Crippen molar-refractivity contribution in [1.82, 2.24) is 19.1 Å². The van der Waals surface area contributed by atoms with E-state index in [1.807, 2.05) is 0 Å². The molecule has 2 saturated heterocycles. The summed E-state index contributed by atoms with van der Waals surface area (Å²) in [6, 6.07) is 4.47. The summed E-state index contributed by atoms with van der Waals surface area (Å²) in [6.45, 7) is 9.10. The molecule has 1 N–H and O–H groups in total. The number of hydrogen-bond acceptors (Lipinski definition) is 6. The van der Waals surface area contributed by atoms with E-state index in [1.54, 1.807) is 13.1 Å². The van der Waals surface area contributed by atoms with Crippen LogP contribution in [0.4, 0.5) is 0 Å². The zero-order valence-corrected chi connectivity index (χ0v) is 21.1. The van der Waals surface area contributed by atoms with Crippen molar-refractivity contribution in [1.29, 1.82) is 0 Å². The first-order valence-corrected chi connectivity index (χ1v) is 13.7. The van der Waals surface area contributed by atoms with Crippen LogP contribution in [0.5, 0.6) is 0 Å². The van der Waals surface area contributed by atoms with Crippen LogP contribution in [-0.4, -0.2) is 67.4 Å². The van der Waals surface area contributed by atoms with Crippen molar-refractivity contribution in [3.05, 3.63) is 28.7 Å². The number of aryl methyl sites for hydroxylation is 1. The molecule has 0 bridgehead atoms. The van der Waals surface area contributed by atoms with E-state index in [2.05, 4.69) is 24.1 Å². The molecule has 34 heavy (non-hydrogen) atoms. The minimum atomic E-state index is -3.72. The Morgan fingerprint density at radius 3 is 2.50 bits per heavy atom. The van der Waals surface area contributed by atoms with Gasteiger partial charge in [0.1, 0.15) is 0 Å². The van der Waals surface area contributed by atoms with Crippen LogP contribution >= 0.6 is 0 Å². The summed E-state index contributed by atoms with van der Waals surface area (Å²) in [4.78, 5) is 26.9. The molecule has 10 heteroatoms. The second-order valence-corrected chi connectivity index (χ2v) is 12.0. The number of carbonyl (C=O) groups excluding carboxylic acids is 1. The maximum absolute atomic E-state index is 13.1. The zero-order valence-electron chi connectivity index (χ0n) is 20.3. The van der Waals surface area contributed by atoms with Gasteiger partial charge < -0.3 is 14.6 Å². The molecule has 0 unspecified atom stereocenters. The summed E-state index contributed by atoms with van der Waals surface area (Å²) in [5.74, 6) is 0.776. The van der Waals surface area contributed by atoms with Gasteiger partial charge in [0.15, 0.2) is 5.58 Å². The maximum Gasteiger partial charge on any atom is 0.419 e. The molecule has 9 nitrogen and oxygen atoms in total. The Balaban J connectivity index is 1.25. The number of hydrogen-bond donors (Lipinski definition) is 1. The van der Waals surface area contributed by atoms with Gasteiger partial charge >= 0.3 is 5.76 Å². The van der Waals surface area contributed by atoms with Crippen LogP contribution in [0.25, 0.3) is 11.1 Å². The van der Waals surface area contributed by atoms with Crippen LogP contribution in [0.1, 0.15) is 39.5 Å². The lowest BCUT2D eigenvalue weighted by Gasteiger charge is -2.35. The van der Waals surface area contributed by atoms with Gasteiger partial charge in [-0.25, -0.2) is 13.2 Å². The van der Waals surface area contributed by atoms with E-state index < -0.39 is 15.8 Å². The fraction of sp³-hybridized carbons (Fsp3) is 0.667. The highest BCUT2D eigenvalue weighted by Gasteiger charge is 2.32. The normalized spacial score (nSPS) is 23.4. The number of benzene rings is 1. The number of oxazole rings is 1. The van der Waals surface area contributed by atoms with Crippen LogP contribution in [0.3, 0.4) is 0 Å². The third-order valence-corrected chi connectivity index (χ3v) is 9.02. The largest absolute Gasteiger partial charge is 0.419 e. The molecule has 0 radical (unpaired) electrons. The average Bonchev–Trinajstić information content (AvgIpc) is 3.09. The molecule has 0 spiro atoms. The molecule has 2 atom stereocenters. The lowest BCUT2D eigenvalue weighted by Crippen LogP contribution is -2.43. The fourth-order valence-corrected chi connectivity index (χ4v) is 6.90. The van der Waals surface area contributed by atoms with Crippen molar-refractivity contribution < 1.29 is 17.6 Å². The smallest absolute Gasteiger partial charge is 0.408 e. The van der Waals surface area contributed by atoms with Crippen LogP contribution in [0.2, 0.25) is 0 Å².